The van der Waals surface area contributed by atoms with Gasteiger partial charge in [0, 0.05) is 23.9 Å². The number of hydrogen-bond acceptors (Lipinski definition) is 3. The van der Waals surface area contributed by atoms with E-state index in [0.29, 0.717) is 23.1 Å². The minimum Gasteiger partial charge on any atom is -0.333 e. The Hall–Kier alpha value is -2.34. The summed E-state index contributed by atoms with van der Waals surface area (Å²) in [5.74, 6) is 0.297. The lowest BCUT2D eigenvalue weighted by atomic mass is 9.92. The number of nitrogens with zero attached hydrogens (tertiary/aromatic N) is 3. The number of halogens is 1. The van der Waals surface area contributed by atoms with Crippen LogP contribution in [0.15, 0.2) is 30.3 Å². The van der Waals surface area contributed by atoms with E-state index in [1.165, 1.54) is 0 Å². The predicted octanol–water partition coefficient (Wildman–Crippen LogP) is 5.83. The molecule has 1 aromatic heterocycles. The highest BCUT2D eigenvalue weighted by atomic mass is 35.5. The largest absolute Gasteiger partial charge is 0.333 e. The van der Waals surface area contributed by atoms with Crippen LogP contribution in [0, 0.1) is 5.92 Å². The van der Waals surface area contributed by atoms with Gasteiger partial charge in [0.2, 0.25) is 11.8 Å². The summed E-state index contributed by atoms with van der Waals surface area (Å²) in [7, 11) is 0. The number of benzene rings is 1. The van der Waals surface area contributed by atoms with Crippen LogP contribution in [0.1, 0.15) is 72.9 Å². The third kappa shape index (κ3) is 6.58. The maximum Gasteiger partial charge on any atom is 0.245 e. The van der Waals surface area contributed by atoms with Crippen molar-refractivity contribution in [2.24, 2.45) is 5.92 Å². The van der Waals surface area contributed by atoms with Crippen molar-refractivity contribution in [2.75, 3.05) is 18.4 Å². The molecule has 6 nitrogen and oxygen atoms in total. The molecule has 0 fully saturated rings. The normalized spacial score (nSPS) is 12.5. The molecule has 0 radical (unpaired) electrons. The molecule has 1 atom stereocenters. The number of anilines is 1. The number of para-hydroxylation sites is 1. The van der Waals surface area contributed by atoms with Gasteiger partial charge in [0.25, 0.3) is 0 Å². The van der Waals surface area contributed by atoms with Crippen molar-refractivity contribution < 1.29 is 9.59 Å². The third-order valence-corrected chi connectivity index (χ3v) is 5.92. The van der Waals surface area contributed by atoms with Gasteiger partial charge in [-0.05, 0) is 31.9 Å². The van der Waals surface area contributed by atoms with E-state index in [4.69, 9.17) is 16.7 Å². The zero-order valence-corrected chi connectivity index (χ0v) is 21.0. The number of aromatic nitrogens is 2. The first-order chi connectivity index (χ1) is 15.1. The topological polar surface area (TPSA) is 67.2 Å². The van der Waals surface area contributed by atoms with Gasteiger partial charge in [0.05, 0.1) is 22.9 Å². The first-order valence-corrected chi connectivity index (χ1v) is 11.9. The molecule has 0 aliphatic rings. The number of hydrogen-bond donors (Lipinski definition) is 1. The molecule has 0 spiro atoms. The van der Waals surface area contributed by atoms with Crippen LogP contribution in [0.5, 0.6) is 0 Å². The van der Waals surface area contributed by atoms with Crippen LogP contribution >= 0.6 is 11.6 Å². The number of amides is 2. The summed E-state index contributed by atoms with van der Waals surface area (Å²) in [6.07, 6.45) is 3.71. The Morgan fingerprint density at radius 3 is 2.44 bits per heavy atom. The number of unbranched alkanes of at least 4 members (excludes halogenated alkanes) is 1. The van der Waals surface area contributed by atoms with E-state index in [1.807, 2.05) is 38.1 Å². The van der Waals surface area contributed by atoms with Gasteiger partial charge in [0.1, 0.15) is 5.82 Å². The fraction of sp³-hybridized carbons (Fsp3) is 0.560. The zero-order valence-electron chi connectivity index (χ0n) is 20.2. The molecule has 2 aromatic rings. The van der Waals surface area contributed by atoms with Crippen molar-refractivity contribution >= 4 is 29.2 Å². The van der Waals surface area contributed by atoms with Gasteiger partial charge in [-0.3, -0.25) is 9.59 Å². The van der Waals surface area contributed by atoms with Gasteiger partial charge in [-0.25, -0.2) is 4.68 Å². The molecule has 1 heterocycles. The molecular formula is C25H37ClN4O2. The Kier molecular flexibility index (Phi) is 9.32. The fourth-order valence-corrected chi connectivity index (χ4v) is 3.77. The Morgan fingerprint density at radius 1 is 1.19 bits per heavy atom. The van der Waals surface area contributed by atoms with Crippen LogP contribution in [0.3, 0.4) is 0 Å². The maximum absolute atomic E-state index is 13.0. The van der Waals surface area contributed by atoms with Crippen LogP contribution in [0.4, 0.5) is 5.82 Å². The highest BCUT2D eigenvalue weighted by Gasteiger charge is 2.25. The van der Waals surface area contributed by atoms with E-state index in [9.17, 15) is 9.59 Å². The zero-order chi connectivity index (χ0) is 23.9. The molecule has 0 saturated heterocycles. The van der Waals surface area contributed by atoms with Gasteiger partial charge in [-0.15, -0.1) is 0 Å². The summed E-state index contributed by atoms with van der Waals surface area (Å²) in [5.41, 5.74) is 1.32. The molecule has 1 aromatic carbocycles. The summed E-state index contributed by atoms with van der Waals surface area (Å²) in [6, 6.07) is 9.25. The lowest BCUT2D eigenvalue weighted by Crippen LogP contribution is -2.41. The highest BCUT2D eigenvalue weighted by molar-refractivity contribution is 6.32. The van der Waals surface area contributed by atoms with Crippen molar-refractivity contribution in [1.82, 2.24) is 14.7 Å². The molecule has 0 bridgehead atoms. The van der Waals surface area contributed by atoms with E-state index >= 15 is 0 Å². The fourth-order valence-electron chi connectivity index (χ4n) is 3.56. The molecule has 2 amide bonds. The Balaban J connectivity index is 2.25. The van der Waals surface area contributed by atoms with E-state index in [0.717, 1.165) is 31.4 Å². The summed E-state index contributed by atoms with van der Waals surface area (Å²) in [6.45, 7) is 12.8. The molecule has 0 saturated carbocycles. The molecule has 1 N–H and O–H groups in total. The van der Waals surface area contributed by atoms with Gasteiger partial charge < -0.3 is 10.2 Å². The minimum atomic E-state index is -0.251. The van der Waals surface area contributed by atoms with Crippen LogP contribution in [0.25, 0.3) is 5.69 Å². The van der Waals surface area contributed by atoms with Gasteiger partial charge in [0.15, 0.2) is 0 Å². The Morgan fingerprint density at radius 2 is 1.88 bits per heavy atom. The molecule has 0 aliphatic carbocycles. The van der Waals surface area contributed by atoms with Gasteiger partial charge in [-0.2, -0.15) is 5.10 Å². The van der Waals surface area contributed by atoms with Gasteiger partial charge in [-0.1, -0.05) is 71.2 Å². The summed E-state index contributed by atoms with van der Waals surface area (Å²) >= 11 is 6.41. The molecule has 7 heteroatoms. The average molecular weight is 461 g/mol. The number of carbonyl (C=O) groups is 2. The Labute approximate surface area is 197 Å². The number of likely N-dealkylation sites (N-methyl/N-ethyl adjacent to an activating group) is 1. The van der Waals surface area contributed by atoms with Crippen molar-refractivity contribution in [3.05, 3.63) is 41.0 Å². The molecule has 1 unspecified atom stereocenters. The Bertz CT molecular complexity index is 917. The molecule has 2 rings (SSSR count). The van der Waals surface area contributed by atoms with E-state index in [2.05, 4.69) is 33.0 Å². The average Bonchev–Trinajstić information content (AvgIpc) is 3.16. The summed E-state index contributed by atoms with van der Waals surface area (Å²) < 4.78 is 1.66. The number of carbonyl (C=O) groups excluding carboxylic acids is 2. The number of nitrogens with one attached hydrogen (secondary N) is 1. The second kappa shape index (κ2) is 11.5. The van der Waals surface area contributed by atoms with E-state index in [-0.39, 0.29) is 29.7 Å². The van der Waals surface area contributed by atoms with E-state index in [1.54, 1.807) is 15.6 Å². The van der Waals surface area contributed by atoms with E-state index < -0.39 is 0 Å². The monoisotopic (exact) mass is 460 g/mol. The van der Waals surface area contributed by atoms with Crippen molar-refractivity contribution in [3.63, 3.8) is 0 Å². The van der Waals surface area contributed by atoms with Crippen LogP contribution in [-0.4, -0.2) is 39.6 Å². The first kappa shape index (κ1) is 25.9. The maximum atomic E-state index is 13.0. The lowest BCUT2D eigenvalue weighted by molar-refractivity contribution is -0.138. The number of rotatable bonds is 10. The molecule has 0 aliphatic heterocycles. The third-order valence-electron chi connectivity index (χ3n) is 5.60. The second-order valence-electron chi connectivity index (χ2n) is 9.18. The first-order valence-electron chi connectivity index (χ1n) is 11.6. The second-order valence-corrected chi connectivity index (χ2v) is 9.58. The highest BCUT2D eigenvalue weighted by Crippen LogP contribution is 2.29. The predicted molar refractivity (Wildman–Crippen MR) is 131 cm³/mol. The molecule has 176 valence electrons. The van der Waals surface area contributed by atoms with Gasteiger partial charge >= 0.3 is 0 Å². The van der Waals surface area contributed by atoms with Crippen LogP contribution in [-0.2, 0) is 15.0 Å². The SMILES string of the molecule is CCCCC(CC)C(=O)N(CC)CC(=O)Nc1cc(C(C)(C)C)nn1-c1ccccc1Cl. The summed E-state index contributed by atoms with van der Waals surface area (Å²) in [4.78, 5) is 27.6. The molecular weight excluding hydrogens is 424 g/mol. The van der Waals surface area contributed by atoms with Crippen LogP contribution < -0.4 is 5.32 Å². The quantitative estimate of drug-likeness (QED) is 0.485. The minimum absolute atomic E-state index is 0.0104. The standard InChI is InChI=1S/C25H37ClN4O2/c1-7-10-13-18(8-2)24(32)29(9-3)17-23(31)27-22-16-21(25(4,5)6)28-30(22)20-15-12-11-14-19(20)26/h11-12,14-16,18H,7-10,13,17H2,1-6H3,(H,27,31). The van der Waals surface area contributed by atoms with Crippen molar-refractivity contribution in [2.45, 2.75) is 72.6 Å². The van der Waals surface area contributed by atoms with Crippen molar-refractivity contribution in [1.29, 1.82) is 0 Å². The molecule has 32 heavy (non-hydrogen) atoms. The smallest absolute Gasteiger partial charge is 0.245 e. The van der Waals surface area contributed by atoms with Crippen LogP contribution in [0.2, 0.25) is 5.02 Å². The van der Waals surface area contributed by atoms with Crippen molar-refractivity contribution in [3.8, 4) is 5.69 Å². The summed E-state index contributed by atoms with van der Waals surface area (Å²) in [5, 5.41) is 8.21. The lowest BCUT2D eigenvalue weighted by Gasteiger charge is -2.25.